The third-order valence-corrected chi connectivity index (χ3v) is 5.98. The van der Waals surface area contributed by atoms with E-state index in [0.717, 1.165) is 38.1 Å². The second-order valence-electron chi connectivity index (χ2n) is 8.66. The van der Waals surface area contributed by atoms with Crippen molar-refractivity contribution in [3.63, 3.8) is 0 Å². The minimum absolute atomic E-state index is 0.136. The summed E-state index contributed by atoms with van der Waals surface area (Å²) >= 11 is 0. The fourth-order valence-corrected chi connectivity index (χ4v) is 4.25. The van der Waals surface area contributed by atoms with Crippen LogP contribution >= 0.6 is 0 Å². The number of aliphatic hydroxyl groups excluding tert-OH is 2. The standard InChI is InChI=1S/C25H24O13/c1-9(26)35-8-18-21(33)22(34)25(36-10(2)27)24(38-18)20-15(31)6-14(30)19-16(32)7-17(37-23(19)20)11-3-4-12(28)13(29)5-11/h3-7,18,21-22,24-25,28-31,33-34H,8H2,1-2H3. The van der Waals surface area contributed by atoms with Crippen molar-refractivity contribution in [1.29, 1.82) is 0 Å². The molecule has 13 nitrogen and oxygen atoms in total. The molecular weight excluding hydrogens is 508 g/mol. The van der Waals surface area contributed by atoms with Gasteiger partial charge in [-0.3, -0.25) is 14.4 Å². The van der Waals surface area contributed by atoms with E-state index in [-0.39, 0.29) is 16.9 Å². The van der Waals surface area contributed by atoms with Gasteiger partial charge in [0, 0.05) is 31.5 Å². The summed E-state index contributed by atoms with van der Waals surface area (Å²) in [5.41, 5.74) is -1.39. The Morgan fingerprint density at radius 1 is 0.895 bits per heavy atom. The minimum Gasteiger partial charge on any atom is -0.507 e. The highest BCUT2D eigenvalue weighted by molar-refractivity contribution is 5.89. The predicted octanol–water partition coefficient (Wildman–Crippen LogP) is 0.939. The number of ether oxygens (including phenoxy) is 3. The molecule has 0 aliphatic carbocycles. The first kappa shape index (κ1) is 26.7. The third kappa shape index (κ3) is 4.94. The van der Waals surface area contributed by atoms with Crippen molar-refractivity contribution in [3.05, 3.63) is 46.1 Å². The zero-order valence-electron chi connectivity index (χ0n) is 20.0. The summed E-state index contributed by atoms with van der Waals surface area (Å²) in [5, 5.41) is 61.7. The van der Waals surface area contributed by atoms with Crippen LogP contribution in [0.15, 0.2) is 39.5 Å². The van der Waals surface area contributed by atoms with Crippen LogP contribution in [0.2, 0.25) is 0 Å². The second kappa shape index (κ2) is 10.2. The molecule has 4 rings (SSSR count). The molecule has 1 aliphatic heterocycles. The van der Waals surface area contributed by atoms with E-state index in [1.807, 2.05) is 0 Å². The van der Waals surface area contributed by atoms with E-state index >= 15 is 0 Å². The topological polar surface area (TPSA) is 213 Å². The van der Waals surface area contributed by atoms with Crippen LogP contribution in [0.5, 0.6) is 23.0 Å². The normalized spacial score (nSPS) is 23.2. The molecule has 1 aromatic heterocycles. The number of rotatable bonds is 5. The Balaban J connectivity index is 1.95. The molecule has 1 fully saturated rings. The van der Waals surface area contributed by atoms with E-state index < -0.39 is 88.5 Å². The van der Waals surface area contributed by atoms with E-state index in [9.17, 15) is 45.0 Å². The number of esters is 2. The summed E-state index contributed by atoms with van der Waals surface area (Å²) in [6.07, 6.45) is -8.08. The van der Waals surface area contributed by atoms with Crippen molar-refractivity contribution >= 4 is 22.9 Å². The Kier molecular flexibility index (Phi) is 7.18. The smallest absolute Gasteiger partial charge is 0.303 e. The van der Waals surface area contributed by atoms with Gasteiger partial charge in [0.1, 0.15) is 53.7 Å². The van der Waals surface area contributed by atoms with Gasteiger partial charge in [-0.2, -0.15) is 0 Å². The van der Waals surface area contributed by atoms with Gasteiger partial charge in [0.05, 0.1) is 5.56 Å². The van der Waals surface area contributed by atoms with Gasteiger partial charge in [-0.25, -0.2) is 0 Å². The lowest BCUT2D eigenvalue weighted by Gasteiger charge is -2.42. The van der Waals surface area contributed by atoms with Gasteiger partial charge in [-0.05, 0) is 18.2 Å². The maximum atomic E-state index is 13.0. The number of carbonyl (C=O) groups is 2. The molecule has 0 bridgehead atoms. The van der Waals surface area contributed by atoms with Gasteiger partial charge in [0.2, 0.25) is 0 Å². The number of carbonyl (C=O) groups excluding carboxylic acids is 2. The molecule has 0 spiro atoms. The van der Waals surface area contributed by atoms with E-state index in [4.69, 9.17) is 18.6 Å². The van der Waals surface area contributed by atoms with Crippen molar-refractivity contribution in [2.24, 2.45) is 0 Å². The van der Waals surface area contributed by atoms with E-state index in [1.165, 1.54) is 6.07 Å². The third-order valence-electron chi connectivity index (χ3n) is 5.98. The van der Waals surface area contributed by atoms with Crippen LogP contribution in [-0.2, 0) is 23.8 Å². The molecule has 1 saturated heterocycles. The first-order chi connectivity index (χ1) is 17.9. The van der Waals surface area contributed by atoms with Crippen LogP contribution < -0.4 is 5.43 Å². The number of aromatic hydroxyl groups is 4. The Labute approximate surface area is 213 Å². The molecular formula is C25H24O13. The molecule has 2 aromatic carbocycles. The van der Waals surface area contributed by atoms with E-state index in [2.05, 4.69) is 0 Å². The fraction of sp³-hybridized carbons (Fsp3) is 0.320. The number of hydrogen-bond acceptors (Lipinski definition) is 13. The highest BCUT2D eigenvalue weighted by Crippen LogP contribution is 2.45. The number of fused-ring (bicyclic) bond motifs is 1. The minimum atomic E-state index is -1.80. The molecule has 1 aliphatic rings. The number of hydrogen-bond donors (Lipinski definition) is 6. The Morgan fingerprint density at radius 2 is 1.61 bits per heavy atom. The Morgan fingerprint density at radius 3 is 2.24 bits per heavy atom. The monoisotopic (exact) mass is 532 g/mol. The average Bonchev–Trinajstić information content (AvgIpc) is 2.83. The van der Waals surface area contributed by atoms with Gasteiger partial charge in [0.25, 0.3) is 0 Å². The SMILES string of the molecule is CC(=O)OCC1OC(c2c(O)cc(O)c3c(=O)cc(-c4ccc(O)c(O)c4)oc23)C(OC(C)=O)C(O)C1O. The highest BCUT2D eigenvalue weighted by Gasteiger charge is 2.49. The van der Waals surface area contributed by atoms with Gasteiger partial charge in [-0.1, -0.05) is 0 Å². The Bertz CT molecular complexity index is 1460. The van der Waals surface area contributed by atoms with Crippen LogP contribution in [0, 0.1) is 0 Å². The van der Waals surface area contributed by atoms with Crippen LogP contribution in [0.4, 0.5) is 0 Å². The summed E-state index contributed by atoms with van der Waals surface area (Å²) in [5.74, 6) is -4.02. The van der Waals surface area contributed by atoms with Crippen molar-refractivity contribution in [2.75, 3.05) is 6.61 Å². The number of phenols is 4. The molecule has 6 N–H and O–H groups in total. The molecule has 3 aromatic rings. The Hall–Kier alpha value is -4.33. The summed E-state index contributed by atoms with van der Waals surface area (Å²) in [6, 6.07) is 5.41. The lowest BCUT2D eigenvalue weighted by Crippen LogP contribution is -2.56. The summed E-state index contributed by atoms with van der Waals surface area (Å²) < 4.78 is 21.8. The average molecular weight is 532 g/mol. The fourth-order valence-electron chi connectivity index (χ4n) is 4.25. The lowest BCUT2D eigenvalue weighted by molar-refractivity contribution is -0.242. The predicted molar refractivity (Wildman–Crippen MR) is 126 cm³/mol. The summed E-state index contributed by atoms with van der Waals surface area (Å²) in [6.45, 7) is 1.63. The largest absolute Gasteiger partial charge is 0.507 e. The lowest BCUT2D eigenvalue weighted by atomic mass is 9.89. The van der Waals surface area contributed by atoms with Crippen LogP contribution in [0.25, 0.3) is 22.3 Å². The van der Waals surface area contributed by atoms with Gasteiger partial charge >= 0.3 is 11.9 Å². The van der Waals surface area contributed by atoms with E-state index in [0.29, 0.717) is 0 Å². The van der Waals surface area contributed by atoms with Crippen molar-refractivity contribution in [3.8, 4) is 34.3 Å². The quantitative estimate of drug-likeness (QED) is 0.200. The van der Waals surface area contributed by atoms with Crippen molar-refractivity contribution in [1.82, 2.24) is 0 Å². The maximum absolute atomic E-state index is 13.0. The number of phenolic OH excluding ortho intramolecular Hbond substituents is 4. The molecule has 0 radical (unpaired) electrons. The molecule has 2 heterocycles. The number of benzene rings is 2. The van der Waals surface area contributed by atoms with E-state index in [1.54, 1.807) is 0 Å². The van der Waals surface area contributed by atoms with Crippen LogP contribution in [-0.4, -0.2) is 73.6 Å². The summed E-state index contributed by atoms with van der Waals surface area (Å²) in [7, 11) is 0. The zero-order valence-corrected chi connectivity index (χ0v) is 20.0. The molecule has 13 heteroatoms. The maximum Gasteiger partial charge on any atom is 0.303 e. The van der Waals surface area contributed by atoms with Crippen LogP contribution in [0.1, 0.15) is 25.5 Å². The van der Waals surface area contributed by atoms with Crippen molar-refractivity contribution < 1.29 is 58.9 Å². The molecule has 0 amide bonds. The highest BCUT2D eigenvalue weighted by atomic mass is 16.6. The molecule has 38 heavy (non-hydrogen) atoms. The van der Waals surface area contributed by atoms with Gasteiger partial charge < -0.3 is 49.3 Å². The zero-order chi connectivity index (χ0) is 27.9. The van der Waals surface area contributed by atoms with Crippen LogP contribution in [0.3, 0.4) is 0 Å². The second-order valence-corrected chi connectivity index (χ2v) is 8.66. The summed E-state index contributed by atoms with van der Waals surface area (Å²) in [4.78, 5) is 36.2. The molecule has 202 valence electrons. The van der Waals surface area contributed by atoms with Gasteiger partial charge in [-0.15, -0.1) is 0 Å². The first-order valence-corrected chi connectivity index (χ1v) is 11.3. The first-order valence-electron chi connectivity index (χ1n) is 11.3. The molecule has 0 saturated carbocycles. The molecule has 5 unspecified atom stereocenters. The van der Waals surface area contributed by atoms with Crippen molar-refractivity contribution in [2.45, 2.75) is 44.4 Å². The number of aliphatic hydroxyl groups is 2. The molecule has 5 atom stereocenters. The van der Waals surface area contributed by atoms with Gasteiger partial charge in [0.15, 0.2) is 28.6 Å².